The summed E-state index contributed by atoms with van der Waals surface area (Å²) >= 11 is 0. The van der Waals surface area contributed by atoms with E-state index in [2.05, 4.69) is 31.1 Å². The van der Waals surface area contributed by atoms with Gasteiger partial charge in [0, 0.05) is 43.8 Å². The number of hydrogen-bond acceptors (Lipinski definition) is 4. The summed E-state index contributed by atoms with van der Waals surface area (Å²) in [5.74, 6) is 0.573. The molecule has 6 heteroatoms. The molecule has 1 saturated heterocycles. The first-order chi connectivity index (χ1) is 16.9. The summed E-state index contributed by atoms with van der Waals surface area (Å²) in [5.41, 5.74) is 3.95. The van der Waals surface area contributed by atoms with E-state index in [1.165, 1.54) is 10.6 Å². The minimum atomic E-state index is -0.116. The smallest absolute Gasteiger partial charge is 0.243 e. The summed E-state index contributed by atoms with van der Waals surface area (Å²) in [4.78, 5) is 40.0. The van der Waals surface area contributed by atoms with Gasteiger partial charge in [-0.1, -0.05) is 68.4 Å². The van der Waals surface area contributed by atoms with Crippen LogP contribution in [0.2, 0.25) is 0 Å². The second kappa shape index (κ2) is 11.4. The van der Waals surface area contributed by atoms with Crippen molar-refractivity contribution in [1.29, 1.82) is 0 Å². The first-order valence-corrected chi connectivity index (χ1v) is 12.7. The Morgan fingerprint density at radius 2 is 1.54 bits per heavy atom. The van der Waals surface area contributed by atoms with Gasteiger partial charge in [-0.15, -0.1) is 0 Å². The van der Waals surface area contributed by atoms with E-state index in [9.17, 15) is 14.4 Å². The molecule has 2 aromatic rings. The molecule has 184 valence electrons. The van der Waals surface area contributed by atoms with E-state index >= 15 is 0 Å². The Bertz CT molecular complexity index is 1070. The summed E-state index contributed by atoms with van der Waals surface area (Å²) < 4.78 is 0. The molecule has 2 heterocycles. The van der Waals surface area contributed by atoms with Gasteiger partial charge in [0.1, 0.15) is 0 Å². The van der Waals surface area contributed by atoms with Gasteiger partial charge in [0.15, 0.2) is 5.78 Å². The molecule has 1 fully saturated rings. The molecule has 0 saturated carbocycles. The molecule has 0 bridgehead atoms. The Labute approximate surface area is 208 Å². The van der Waals surface area contributed by atoms with Crippen LogP contribution in [0.5, 0.6) is 0 Å². The molecule has 0 N–H and O–H groups in total. The standard InChI is InChI=1S/C29H35N3O3/c1-21(2)20-22-8-10-24(11-9-22)29(35)25-14-17-31(18-15-25)27(33)12-13-28(34)32-19-16-26(30-32)23-6-4-3-5-7-23/h3-11,21,25H,12-20H2,1-2H3. The van der Waals surface area contributed by atoms with E-state index in [-0.39, 0.29) is 36.4 Å². The van der Waals surface area contributed by atoms with Crippen LogP contribution in [0.25, 0.3) is 0 Å². The van der Waals surface area contributed by atoms with Crippen LogP contribution in [-0.4, -0.2) is 52.9 Å². The lowest BCUT2D eigenvalue weighted by atomic mass is 9.88. The molecule has 0 aliphatic carbocycles. The minimum absolute atomic E-state index is 0.0197. The first kappa shape index (κ1) is 24.8. The molecule has 6 nitrogen and oxygen atoms in total. The number of ketones is 1. The van der Waals surface area contributed by atoms with E-state index in [0.717, 1.165) is 29.7 Å². The average molecular weight is 474 g/mol. The third kappa shape index (κ3) is 6.44. The highest BCUT2D eigenvalue weighted by atomic mass is 16.2. The molecule has 2 aromatic carbocycles. The number of benzene rings is 2. The number of carbonyl (C=O) groups excluding carboxylic acids is 3. The maximum Gasteiger partial charge on any atom is 0.243 e. The average Bonchev–Trinajstić information content (AvgIpc) is 3.38. The maximum absolute atomic E-state index is 12.9. The van der Waals surface area contributed by atoms with Gasteiger partial charge in [-0.05, 0) is 36.3 Å². The van der Waals surface area contributed by atoms with Crippen LogP contribution in [0.3, 0.4) is 0 Å². The van der Waals surface area contributed by atoms with Crippen LogP contribution in [0.4, 0.5) is 0 Å². The molecular weight excluding hydrogens is 438 g/mol. The highest BCUT2D eigenvalue weighted by Crippen LogP contribution is 2.23. The second-order valence-corrected chi connectivity index (χ2v) is 9.99. The number of likely N-dealkylation sites (tertiary alicyclic amines) is 1. The lowest BCUT2D eigenvalue weighted by Gasteiger charge is -2.31. The normalized spacial score (nSPS) is 16.5. The van der Waals surface area contributed by atoms with Crippen molar-refractivity contribution in [2.45, 2.75) is 52.4 Å². The van der Waals surface area contributed by atoms with Crippen molar-refractivity contribution < 1.29 is 14.4 Å². The molecule has 2 aliphatic rings. The van der Waals surface area contributed by atoms with Crippen molar-refractivity contribution in [3.8, 4) is 0 Å². The number of carbonyl (C=O) groups is 3. The van der Waals surface area contributed by atoms with Crippen LogP contribution >= 0.6 is 0 Å². The molecule has 2 amide bonds. The summed E-state index contributed by atoms with van der Waals surface area (Å²) in [6.45, 7) is 6.06. The van der Waals surface area contributed by atoms with Gasteiger partial charge < -0.3 is 4.90 Å². The third-order valence-corrected chi connectivity index (χ3v) is 6.85. The van der Waals surface area contributed by atoms with E-state index in [1.54, 1.807) is 4.90 Å². The second-order valence-electron chi connectivity index (χ2n) is 9.99. The van der Waals surface area contributed by atoms with Crippen LogP contribution < -0.4 is 0 Å². The summed E-state index contributed by atoms with van der Waals surface area (Å²) in [7, 11) is 0. The Kier molecular flexibility index (Phi) is 8.11. The number of hydrogen-bond donors (Lipinski definition) is 0. The van der Waals surface area contributed by atoms with Crippen molar-refractivity contribution in [2.24, 2.45) is 16.9 Å². The number of amides is 2. The largest absolute Gasteiger partial charge is 0.343 e. The third-order valence-electron chi connectivity index (χ3n) is 6.85. The molecule has 0 spiro atoms. The lowest BCUT2D eigenvalue weighted by molar-refractivity contribution is -0.137. The fourth-order valence-corrected chi connectivity index (χ4v) is 4.87. The molecule has 2 aliphatic heterocycles. The quantitative estimate of drug-likeness (QED) is 0.521. The SMILES string of the molecule is CC(C)Cc1ccc(C(=O)C2CCN(C(=O)CCC(=O)N3CCC(c4ccccc4)=N3)CC2)cc1. The van der Waals surface area contributed by atoms with Crippen LogP contribution in [0.15, 0.2) is 59.7 Å². The number of piperidine rings is 1. The number of hydrazone groups is 1. The summed E-state index contributed by atoms with van der Waals surface area (Å²) in [6.07, 6.45) is 3.42. The summed E-state index contributed by atoms with van der Waals surface area (Å²) in [6, 6.07) is 17.8. The fourth-order valence-electron chi connectivity index (χ4n) is 4.87. The van der Waals surface area contributed by atoms with Gasteiger partial charge >= 0.3 is 0 Å². The Morgan fingerprint density at radius 3 is 2.20 bits per heavy atom. The van der Waals surface area contributed by atoms with Crippen LogP contribution in [0, 0.1) is 11.8 Å². The van der Waals surface area contributed by atoms with Crippen molar-refractivity contribution in [3.63, 3.8) is 0 Å². The van der Waals surface area contributed by atoms with Crippen molar-refractivity contribution in [2.75, 3.05) is 19.6 Å². The van der Waals surface area contributed by atoms with Gasteiger partial charge in [-0.2, -0.15) is 5.10 Å². The molecule has 4 rings (SSSR count). The lowest BCUT2D eigenvalue weighted by Crippen LogP contribution is -2.40. The predicted octanol–water partition coefficient (Wildman–Crippen LogP) is 4.72. The molecule has 0 radical (unpaired) electrons. The maximum atomic E-state index is 12.9. The zero-order valence-corrected chi connectivity index (χ0v) is 20.8. The van der Waals surface area contributed by atoms with E-state index in [0.29, 0.717) is 38.4 Å². The van der Waals surface area contributed by atoms with Gasteiger partial charge in [0.2, 0.25) is 11.8 Å². The first-order valence-electron chi connectivity index (χ1n) is 12.7. The topological polar surface area (TPSA) is 70.1 Å². The van der Waals surface area contributed by atoms with Gasteiger partial charge in [-0.25, -0.2) is 5.01 Å². The van der Waals surface area contributed by atoms with Gasteiger partial charge in [0.05, 0.1) is 12.3 Å². The predicted molar refractivity (Wildman–Crippen MR) is 137 cm³/mol. The minimum Gasteiger partial charge on any atom is -0.343 e. The van der Waals surface area contributed by atoms with Crippen molar-refractivity contribution >= 4 is 23.3 Å². The Morgan fingerprint density at radius 1 is 0.886 bits per heavy atom. The number of Topliss-reactive ketones (excluding diaryl/α,β-unsaturated/α-hetero) is 1. The zero-order chi connectivity index (χ0) is 24.8. The monoisotopic (exact) mass is 473 g/mol. The highest BCUT2D eigenvalue weighted by Gasteiger charge is 2.29. The Balaban J connectivity index is 1.22. The number of nitrogens with zero attached hydrogens (tertiary/aromatic N) is 3. The van der Waals surface area contributed by atoms with Gasteiger partial charge in [0.25, 0.3) is 0 Å². The van der Waals surface area contributed by atoms with E-state index in [1.807, 2.05) is 42.5 Å². The van der Waals surface area contributed by atoms with Crippen molar-refractivity contribution in [1.82, 2.24) is 9.91 Å². The Hall–Kier alpha value is -3.28. The van der Waals surface area contributed by atoms with Crippen LogP contribution in [0.1, 0.15) is 67.4 Å². The summed E-state index contributed by atoms with van der Waals surface area (Å²) in [5, 5.41) is 5.96. The molecule has 0 atom stereocenters. The molecular formula is C29H35N3O3. The van der Waals surface area contributed by atoms with E-state index in [4.69, 9.17) is 0 Å². The zero-order valence-electron chi connectivity index (χ0n) is 20.8. The molecule has 35 heavy (non-hydrogen) atoms. The fraction of sp³-hybridized carbons (Fsp3) is 0.448. The van der Waals surface area contributed by atoms with Crippen molar-refractivity contribution in [3.05, 3.63) is 71.3 Å². The molecule has 0 unspecified atom stereocenters. The van der Waals surface area contributed by atoms with Crippen LogP contribution in [-0.2, 0) is 16.0 Å². The van der Waals surface area contributed by atoms with E-state index < -0.39 is 0 Å². The highest BCUT2D eigenvalue weighted by molar-refractivity contribution is 6.02. The van der Waals surface area contributed by atoms with Gasteiger partial charge in [-0.3, -0.25) is 14.4 Å². The molecule has 0 aromatic heterocycles. The number of rotatable bonds is 8.